The number of nitrogens with zero attached hydrogens (tertiary/aromatic N) is 4. The second-order valence-electron chi connectivity index (χ2n) is 4.99. The van der Waals surface area contributed by atoms with Gasteiger partial charge in [-0.25, -0.2) is 9.97 Å². The van der Waals surface area contributed by atoms with Gasteiger partial charge in [-0.15, -0.1) is 0 Å². The van der Waals surface area contributed by atoms with Crippen LogP contribution in [-0.4, -0.2) is 81.5 Å². The lowest BCUT2D eigenvalue weighted by molar-refractivity contribution is 0.146. The molecular weight excluding hydrogens is 270 g/mol. The molecule has 1 saturated heterocycles. The molecule has 0 unspecified atom stereocenters. The number of hydrogen-bond donors (Lipinski definition) is 1. The summed E-state index contributed by atoms with van der Waals surface area (Å²) in [6, 6.07) is 0. The predicted octanol–water partition coefficient (Wildman–Crippen LogP) is -0.157. The Kier molecular flexibility index (Phi) is 6.65. The largest absolute Gasteiger partial charge is 0.488 e. The van der Waals surface area contributed by atoms with Crippen molar-refractivity contribution in [3.05, 3.63) is 12.4 Å². The highest BCUT2D eigenvalue weighted by atomic mass is 16.5. The lowest BCUT2D eigenvalue weighted by atomic mass is 10.3. The molecule has 2 rings (SSSR count). The van der Waals surface area contributed by atoms with Crippen molar-refractivity contribution in [3.8, 4) is 5.75 Å². The van der Waals surface area contributed by atoms with Gasteiger partial charge in [-0.05, 0) is 7.05 Å². The second-order valence-corrected chi connectivity index (χ2v) is 4.99. The minimum atomic E-state index is 0.517. The first-order chi connectivity index (χ1) is 10.3. The normalized spacial score (nSPS) is 16.2. The summed E-state index contributed by atoms with van der Waals surface area (Å²) in [6.07, 6.45) is 3.46. The zero-order chi connectivity index (χ0) is 14.9. The summed E-state index contributed by atoms with van der Waals surface area (Å²) in [7, 11) is 3.64. The summed E-state index contributed by atoms with van der Waals surface area (Å²) in [5.74, 6) is 1.46. The molecule has 0 aliphatic carbocycles. The van der Waals surface area contributed by atoms with E-state index in [1.807, 2.05) is 7.05 Å². The maximum absolute atomic E-state index is 5.47. The van der Waals surface area contributed by atoms with Crippen LogP contribution in [0.4, 0.5) is 5.95 Å². The summed E-state index contributed by atoms with van der Waals surface area (Å²) >= 11 is 0. The third-order valence-corrected chi connectivity index (χ3v) is 3.50. The Morgan fingerprint density at radius 3 is 2.48 bits per heavy atom. The topological polar surface area (TPSA) is 62.8 Å². The van der Waals surface area contributed by atoms with E-state index < -0.39 is 0 Å². The molecule has 0 amide bonds. The number of methoxy groups -OCH3 is 1. The molecule has 7 heteroatoms. The first-order valence-corrected chi connectivity index (χ1v) is 7.39. The van der Waals surface area contributed by atoms with Crippen LogP contribution in [0.25, 0.3) is 0 Å². The molecule has 118 valence electrons. The molecule has 0 bridgehead atoms. The van der Waals surface area contributed by atoms with Crippen LogP contribution in [0.1, 0.15) is 0 Å². The molecule has 1 N–H and O–H groups in total. The van der Waals surface area contributed by atoms with Crippen LogP contribution in [0.2, 0.25) is 0 Å². The van der Waals surface area contributed by atoms with Gasteiger partial charge >= 0.3 is 0 Å². The van der Waals surface area contributed by atoms with Gasteiger partial charge < -0.3 is 19.7 Å². The highest BCUT2D eigenvalue weighted by molar-refractivity contribution is 5.32. The lowest BCUT2D eigenvalue weighted by Crippen LogP contribution is -2.48. The number of aromatic nitrogens is 2. The quantitative estimate of drug-likeness (QED) is 0.669. The van der Waals surface area contributed by atoms with Crippen LogP contribution in [0.3, 0.4) is 0 Å². The van der Waals surface area contributed by atoms with E-state index >= 15 is 0 Å². The maximum atomic E-state index is 5.47. The average molecular weight is 295 g/mol. The van der Waals surface area contributed by atoms with Gasteiger partial charge in [0, 0.05) is 46.4 Å². The van der Waals surface area contributed by atoms with Crippen LogP contribution >= 0.6 is 0 Å². The van der Waals surface area contributed by atoms with Crippen molar-refractivity contribution in [2.45, 2.75) is 0 Å². The van der Waals surface area contributed by atoms with Gasteiger partial charge in [0.15, 0.2) is 5.75 Å². The fourth-order valence-corrected chi connectivity index (χ4v) is 2.23. The molecule has 2 heterocycles. The molecule has 0 radical (unpaired) electrons. The smallest absolute Gasteiger partial charge is 0.225 e. The van der Waals surface area contributed by atoms with Crippen molar-refractivity contribution in [1.82, 2.24) is 20.2 Å². The number of nitrogens with one attached hydrogen (secondary N) is 1. The lowest BCUT2D eigenvalue weighted by Gasteiger charge is -2.34. The van der Waals surface area contributed by atoms with Crippen LogP contribution in [-0.2, 0) is 4.74 Å². The van der Waals surface area contributed by atoms with E-state index in [9.17, 15) is 0 Å². The minimum absolute atomic E-state index is 0.517. The van der Waals surface area contributed by atoms with Gasteiger partial charge in [0.2, 0.25) is 5.95 Å². The highest BCUT2D eigenvalue weighted by Crippen LogP contribution is 2.13. The van der Waals surface area contributed by atoms with Crippen LogP contribution in [0.5, 0.6) is 5.75 Å². The molecule has 21 heavy (non-hydrogen) atoms. The first kappa shape index (κ1) is 15.9. The Bertz CT molecular complexity index is 393. The van der Waals surface area contributed by atoms with E-state index in [0.29, 0.717) is 19.0 Å². The van der Waals surface area contributed by atoms with E-state index in [4.69, 9.17) is 9.47 Å². The average Bonchev–Trinajstić information content (AvgIpc) is 2.54. The molecule has 1 fully saturated rings. The molecular formula is C14H25N5O2. The maximum Gasteiger partial charge on any atom is 0.225 e. The fraction of sp³-hybridized carbons (Fsp3) is 0.714. The Morgan fingerprint density at radius 2 is 1.86 bits per heavy atom. The van der Waals surface area contributed by atoms with E-state index in [-0.39, 0.29) is 0 Å². The van der Waals surface area contributed by atoms with Gasteiger partial charge in [0.1, 0.15) is 6.61 Å². The van der Waals surface area contributed by atoms with Crippen molar-refractivity contribution in [2.75, 3.05) is 71.5 Å². The summed E-state index contributed by atoms with van der Waals surface area (Å²) in [6.45, 7) is 7.25. The van der Waals surface area contributed by atoms with Gasteiger partial charge in [0.05, 0.1) is 19.0 Å². The first-order valence-electron chi connectivity index (χ1n) is 7.39. The number of piperazine rings is 1. The van der Waals surface area contributed by atoms with Crippen molar-refractivity contribution < 1.29 is 9.47 Å². The van der Waals surface area contributed by atoms with E-state index in [1.165, 1.54) is 0 Å². The molecule has 0 atom stereocenters. The van der Waals surface area contributed by atoms with E-state index in [0.717, 1.165) is 45.2 Å². The van der Waals surface area contributed by atoms with Crippen molar-refractivity contribution in [3.63, 3.8) is 0 Å². The molecule has 1 aromatic rings. The van der Waals surface area contributed by atoms with E-state index in [2.05, 4.69) is 25.1 Å². The minimum Gasteiger partial charge on any atom is -0.488 e. The predicted molar refractivity (Wildman–Crippen MR) is 82.0 cm³/mol. The Morgan fingerprint density at radius 1 is 1.14 bits per heavy atom. The van der Waals surface area contributed by atoms with E-state index in [1.54, 1.807) is 19.5 Å². The zero-order valence-corrected chi connectivity index (χ0v) is 12.9. The van der Waals surface area contributed by atoms with Gasteiger partial charge in [0.25, 0.3) is 0 Å². The Balaban J connectivity index is 1.78. The molecule has 1 aliphatic rings. The number of ether oxygens (including phenoxy) is 2. The molecule has 0 aromatic carbocycles. The summed E-state index contributed by atoms with van der Waals surface area (Å²) in [4.78, 5) is 13.4. The Labute approximate surface area is 126 Å². The summed E-state index contributed by atoms with van der Waals surface area (Å²) < 4.78 is 10.4. The van der Waals surface area contributed by atoms with Gasteiger partial charge in [-0.1, -0.05) is 0 Å². The number of hydrogen-bond acceptors (Lipinski definition) is 7. The number of rotatable bonds is 8. The van der Waals surface area contributed by atoms with Crippen LogP contribution in [0.15, 0.2) is 12.4 Å². The monoisotopic (exact) mass is 295 g/mol. The molecule has 7 nitrogen and oxygen atoms in total. The Hall–Kier alpha value is -1.44. The van der Waals surface area contributed by atoms with Crippen molar-refractivity contribution in [2.24, 2.45) is 0 Å². The fourth-order valence-electron chi connectivity index (χ4n) is 2.23. The molecule has 0 saturated carbocycles. The van der Waals surface area contributed by atoms with Crippen molar-refractivity contribution in [1.29, 1.82) is 0 Å². The highest BCUT2D eigenvalue weighted by Gasteiger charge is 2.18. The van der Waals surface area contributed by atoms with Crippen molar-refractivity contribution >= 4 is 5.95 Å². The third-order valence-electron chi connectivity index (χ3n) is 3.50. The standard InChI is InChI=1S/C14H25N5O2/c1-15-3-4-18-5-7-19(8-6-18)14-16-11-13(12-17-14)21-10-9-20-2/h11-12,15H,3-10H2,1-2H3. The third kappa shape index (κ3) is 5.11. The number of anilines is 1. The van der Waals surface area contributed by atoms with Gasteiger partial charge in [-0.3, -0.25) is 4.90 Å². The SMILES string of the molecule is CNCCN1CCN(c2ncc(OCCOC)cn2)CC1. The molecule has 0 spiro atoms. The summed E-state index contributed by atoms with van der Waals surface area (Å²) in [5, 5.41) is 3.18. The molecule has 1 aromatic heterocycles. The van der Waals surface area contributed by atoms with Gasteiger partial charge in [-0.2, -0.15) is 0 Å². The van der Waals surface area contributed by atoms with Crippen LogP contribution < -0.4 is 15.0 Å². The summed E-state index contributed by atoms with van der Waals surface area (Å²) in [5.41, 5.74) is 0. The second kappa shape index (κ2) is 8.76. The zero-order valence-electron chi connectivity index (χ0n) is 12.9. The van der Waals surface area contributed by atoms with Crippen LogP contribution in [0, 0.1) is 0 Å². The number of likely N-dealkylation sites (N-methyl/N-ethyl adjacent to an activating group) is 1. The molecule has 1 aliphatic heterocycles.